The van der Waals surface area contributed by atoms with E-state index in [0.29, 0.717) is 31.5 Å². The molecule has 2 heterocycles. The van der Waals surface area contributed by atoms with Gasteiger partial charge in [-0.1, -0.05) is 13.8 Å². The van der Waals surface area contributed by atoms with Crippen LogP contribution in [0.4, 0.5) is 5.69 Å². The summed E-state index contributed by atoms with van der Waals surface area (Å²) in [6, 6.07) is 5.56. The second-order valence-corrected chi connectivity index (χ2v) is 8.29. The van der Waals surface area contributed by atoms with Gasteiger partial charge in [0.25, 0.3) is 5.91 Å². The number of carbonyl (C=O) groups excluding carboxylic acids is 3. The standard InChI is InChI=1S/C21H29N3O3/c1-13(2)19(26)24-10-8-21(9-11-24)16-12-15(18(25)22-14(3)4)6-7-17(16)23(5)20(21)27/h6-7,12-14H,8-11H2,1-5H3,(H,22,25). The lowest BCUT2D eigenvalue weighted by Gasteiger charge is -2.39. The van der Waals surface area contributed by atoms with Gasteiger partial charge in [0.2, 0.25) is 11.8 Å². The third-order valence-electron chi connectivity index (χ3n) is 5.69. The van der Waals surface area contributed by atoms with Gasteiger partial charge in [0.1, 0.15) is 0 Å². The van der Waals surface area contributed by atoms with Crippen LogP contribution in [0.1, 0.15) is 56.5 Å². The first-order valence-corrected chi connectivity index (χ1v) is 9.69. The van der Waals surface area contributed by atoms with Crippen molar-refractivity contribution < 1.29 is 14.4 Å². The van der Waals surface area contributed by atoms with Gasteiger partial charge in [0.05, 0.1) is 5.41 Å². The van der Waals surface area contributed by atoms with Crippen LogP contribution in [0.2, 0.25) is 0 Å². The smallest absolute Gasteiger partial charge is 0.251 e. The summed E-state index contributed by atoms with van der Waals surface area (Å²) in [7, 11) is 1.79. The van der Waals surface area contributed by atoms with E-state index >= 15 is 0 Å². The summed E-state index contributed by atoms with van der Waals surface area (Å²) in [5, 5.41) is 2.91. The second-order valence-electron chi connectivity index (χ2n) is 8.29. The van der Waals surface area contributed by atoms with E-state index in [1.807, 2.05) is 44.7 Å². The van der Waals surface area contributed by atoms with Gasteiger partial charge in [0.15, 0.2) is 0 Å². The van der Waals surface area contributed by atoms with Crippen molar-refractivity contribution in [2.24, 2.45) is 5.92 Å². The van der Waals surface area contributed by atoms with Crippen LogP contribution in [0.5, 0.6) is 0 Å². The molecule has 146 valence electrons. The minimum Gasteiger partial charge on any atom is -0.350 e. The molecule has 3 rings (SSSR count). The number of anilines is 1. The summed E-state index contributed by atoms with van der Waals surface area (Å²) in [6.45, 7) is 8.78. The molecule has 3 amide bonds. The number of hydrogen-bond donors (Lipinski definition) is 1. The van der Waals surface area contributed by atoms with Crippen LogP contribution < -0.4 is 10.2 Å². The highest BCUT2D eigenvalue weighted by molar-refractivity contribution is 6.09. The van der Waals surface area contributed by atoms with Crippen molar-refractivity contribution in [3.8, 4) is 0 Å². The number of carbonyl (C=O) groups is 3. The Morgan fingerprint density at radius 2 is 1.74 bits per heavy atom. The molecule has 6 nitrogen and oxygen atoms in total. The van der Waals surface area contributed by atoms with Gasteiger partial charge in [-0.25, -0.2) is 0 Å². The molecular weight excluding hydrogens is 342 g/mol. The molecule has 1 saturated heterocycles. The van der Waals surface area contributed by atoms with Crippen molar-refractivity contribution in [3.63, 3.8) is 0 Å². The Labute approximate surface area is 160 Å². The molecule has 1 aromatic carbocycles. The van der Waals surface area contributed by atoms with Gasteiger partial charge in [-0.15, -0.1) is 0 Å². The van der Waals surface area contributed by atoms with E-state index in [9.17, 15) is 14.4 Å². The van der Waals surface area contributed by atoms with Crippen LogP contribution in [0.3, 0.4) is 0 Å². The molecule has 6 heteroatoms. The lowest BCUT2D eigenvalue weighted by atomic mass is 9.73. The highest BCUT2D eigenvalue weighted by atomic mass is 16.2. The Morgan fingerprint density at radius 1 is 1.11 bits per heavy atom. The predicted molar refractivity (Wildman–Crippen MR) is 105 cm³/mol. The quantitative estimate of drug-likeness (QED) is 0.886. The number of nitrogens with zero attached hydrogens (tertiary/aromatic N) is 2. The number of nitrogens with one attached hydrogen (secondary N) is 1. The minimum absolute atomic E-state index is 0.0420. The third-order valence-corrected chi connectivity index (χ3v) is 5.69. The van der Waals surface area contributed by atoms with Crippen molar-refractivity contribution >= 4 is 23.4 Å². The fourth-order valence-corrected chi connectivity index (χ4v) is 4.20. The number of likely N-dealkylation sites (N-methyl/N-ethyl adjacent to an activating group) is 1. The maximum absolute atomic E-state index is 13.1. The Kier molecular flexibility index (Phi) is 5.02. The van der Waals surface area contributed by atoms with Crippen LogP contribution in [0.15, 0.2) is 18.2 Å². The van der Waals surface area contributed by atoms with Crippen LogP contribution >= 0.6 is 0 Å². The topological polar surface area (TPSA) is 69.7 Å². The number of amides is 3. The monoisotopic (exact) mass is 371 g/mol. The minimum atomic E-state index is -0.633. The van der Waals surface area contributed by atoms with Gasteiger partial charge in [0, 0.05) is 43.3 Å². The van der Waals surface area contributed by atoms with Gasteiger partial charge >= 0.3 is 0 Å². The summed E-state index contributed by atoms with van der Waals surface area (Å²) in [4.78, 5) is 41.4. The van der Waals surface area contributed by atoms with Crippen molar-refractivity contribution in [3.05, 3.63) is 29.3 Å². The average Bonchev–Trinajstić information content (AvgIpc) is 2.83. The lowest BCUT2D eigenvalue weighted by molar-refractivity contribution is -0.138. The number of piperidine rings is 1. The molecular formula is C21H29N3O3. The second kappa shape index (κ2) is 6.98. The summed E-state index contributed by atoms with van der Waals surface area (Å²) < 4.78 is 0. The SMILES string of the molecule is CC(C)NC(=O)c1ccc2c(c1)C1(CCN(C(=O)C(C)C)CC1)C(=O)N2C. The fourth-order valence-electron chi connectivity index (χ4n) is 4.20. The van der Waals surface area contributed by atoms with Crippen LogP contribution in [-0.2, 0) is 15.0 Å². The molecule has 1 N–H and O–H groups in total. The molecule has 0 radical (unpaired) electrons. The number of hydrogen-bond acceptors (Lipinski definition) is 3. The first-order valence-electron chi connectivity index (χ1n) is 9.69. The van der Waals surface area contributed by atoms with E-state index in [0.717, 1.165) is 11.3 Å². The maximum Gasteiger partial charge on any atom is 0.251 e. The van der Waals surface area contributed by atoms with E-state index in [4.69, 9.17) is 0 Å². The molecule has 0 saturated carbocycles. The number of fused-ring (bicyclic) bond motifs is 2. The van der Waals surface area contributed by atoms with Crippen molar-refractivity contribution in [2.75, 3.05) is 25.0 Å². The molecule has 0 bridgehead atoms. The molecule has 1 aromatic rings. The van der Waals surface area contributed by atoms with Crippen LogP contribution in [0.25, 0.3) is 0 Å². The Bertz CT molecular complexity index is 777. The Balaban J connectivity index is 1.92. The van der Waals surface area contributed by atoms with E-state index in [-0.39, 0.29) is 29.7 Å². The molecule has 0 unspecified atom stereocenters. The molecule has 27 heavy (non-hydrogen) atoms. The zero-order valence-corrected chi connectivity index (χ0v) is 16.8. The highest BCUT2D eigenvalue weighted by Gasteiger charge is 2.51. The zero-order valence-electron chi connectivity index (χ0n) is 16.8. The summed E-state index contributed by atoms with van der Waals surface area (Å²) in [5.41, 5.74) is 1.73. The Hall–Kier alpha value is -2.37. The molecule has 0 aromatic heterocycles. The van der Waals surface area contributed by atoms with E-state index < -0.39 is 5.41 Å². The number of likely N-dealkylation sites (tertiary alicyclic amines) is 1. The molecule has 2 aliphatic rings. The maximum atomic E-state index is 13.1. The number of benzene rings is 1. The van der Waals surface area contributed by atoms with Crippen LogP contribution in [0, 0.1) is 5.92 Å². The predicted octanol–water partition coefficient (Wildman–Crippen LogP) is 2.32. The normalized spacial score (nSPS) is 18.4. The van der Waals surface area contributed by atoms with E-state index in [1.54, 1.807) is 18.0 Å². The zero-order chi connectivity index (χ0) is 19.9. The third kappa shape index (κ3) is 3.22. The largest absolute Gasteiger partial charge is 0.350 e. The summed E-state index contributed by atoms with van der Waals surface area (Å²) in [5.74, 6) is 0.0292. The van der Waals surface area contributed by atoms with Crippen molar-refractivity contribution in [2.45, 2.75) is 52.0 Å². The van der Waals surface area contributed by atoms with Crippen molar-refractivity contribution in [1.82, 2.24) is 10.2 Å². The number of rotatable bonds is 3. The van der Waals surface area contributed by atoms with E-state index in [2.05, 4.69) is 5.32 Å². The van der Waals surface area contributed by atoms with Gasteiger partial charge in [-0.3, -0.25) is 14.4 Å². The summed E-state index contributed by atoms with van der Waals surface area (Å²) in [6.07, 6.45) is 1.19. The molecule has 0 atom stereocenters. The highest BCUT2D eigenvalue weighted by Crippen LogP contribution is 2.47. The average molecular weight is 371 g/mol. The first kappa shape index (κ1) is 19.4. The van der Waals surface area contributed by atoms with E-state index in [1.165, 1.54) is 0 Å². The van der Waals surface area contributed by atoms with Crippen LogP contribution in [-0.4, -0.2) is 48.8 Å². The molecule has 2 aliphatic heterocycles. The molecule has 0 aliphatic carbocycles. The fraction of sp³-hybridized carbons (Fsp3) is 0.571. The summed E-state index contributed by atoms with van der Waals surface area (Å²) >= 11 is 0. The van der Waals surface area contributed by atoms with Crippen molar-refractivity contribution in [1.29, 1.82) is 0 Å². The van der Waals surface area contributed by atoms with Gasteiger partial charge < -0.3 is 15.1 Å². The van der Waals surface area contributed by atoms with Gasteiger partial charge in [-0.05, 0) is 50.5 Å². The Morgan fingerprint density at radius 3 is 2.30 bits per heavy atom. The molecule has 1 spiro atoms. The lowest BCUT2D eigenvalue weighted by Crippen LogP contribution is -2.50. The molecule has 1 fully saturated rings. The first-order chi connectivity index (χ1) is 12.7. The van der Waals surface area contributed by atoms with Gasteiger partial charge in [-0.2, -0.15) is 0 Å².